The number of rotatable bonds is 10. The Labute approximate surface area is 200 Å². The van der Waals surface area contributed by atoms with E-state index in [0.717, 1.165) is 27.8 Å². The van der Waals surface area contributed by atoms with E-state index in [1.807, 2.05) is 56.3 Å². The van der Waals surface area contributed by atoms with Gasteiger partial charge in [-0.25, -0.2) is 4.39 Å². The van der Waals surface area contributed by atoms with Crippen molar-refractivity contribution < 1.29 is 18.8 Å². The van der Waals surface area contributed by atoms with Crippen molar-refractivity contribution in [2.75, 3.05) is 6.54 Å². The average Bonchev–Trinajstić information content (AvgIpc) is 2.78. The quantitative estimate of drug-likeness (QED) is 0.417. The molecule has 0 bridgehead atoms. The van der Waals surface area contributed by atoms with E-state index >= 15 is 0 Å². The number of Topliss-reactive ketones (excluding diaryl/α,β-unsaturated/α-hetero) is 3. The SMILES string of the molecule is CC(=O)c1ccc(CC(=O)C(CN)c2ccc(CCC(=O)c3ccc(C)cc3C)cc2)cc1F. The van der Waals surface area contributed by atoms with Crippen LogP contribution in [0.5, 0.6) is 0 Å². The van der Waals surface area contributed by atoms with Crippen molar-refractivity contribution in [3.05, 3.63) is 105 Å². The molecule has 3 aromatic rings. The molecule has 0 aliphatic rings. The molecule has 5 heteroatoms. The number of benzene rings is 3. The zero-order valence-corrected chi connectivity index (χ0v) is 19.9. The molecule has 0 radical (unpaired) electrons. The molecule has 4 nitrogen and oxygen atoms in total. The van der Waals surface area contributed by atoms with E-state index in [1.165, 1.54) is 19.1 Å². The maximum absolute atomic E-state index is 14.1. The van der Waals surface area contributed by atoms with E-state index in [1.54, 1.807) is 6.07 Å². The first-order valence-corrected chi connectivity index (χ1v) is 11.4. The van der Waals surface area contributed by atoms with Crippen LogP contribution in [0.3, 0.4) is 0 Å². The summed E-state index contributed by atoms with van der Waals surface area (Å²) in [5, 5.41) is 0. The normalized spacial score (nSPS) is 11.8. The molecule has 0 aromatic heterocycles. The molecule has 0 fully saturated rings. The Bertz CT molecular complexity index is 1210. The summed E-state index contributed by atoms with van der Waals surface area (Å²) in [4.78, 5) is 36.9. The third-order valence-electron chi connectivity index (χ3n) is 6.12. The molecule has 0 aliphatic heterocycles. The summed E-state index contributed by atoms with van der Waals surface area (Å²) in [6.07, 6.45) is 1.04. The number of hydrogen-bond donors (Lipinski definition) is 1. The highest BCUT2D eigenvalue weighted by molar-refractivity contribution is 5.97. The van der Waals surface area contributed by atoms with Crippen LogP contribution in [0.4, 0.5) is 4.39 Å². The van der Waals surface area contributed by atoms with Gasteiger partial charge in [0.15, 0.2) is 11.6 Å². The first-order chi connectivity index (χ1) is 16.2. The highest BCUT2D eigenvalue weighted by Crippen LogP contribution is 2.21. The maximum Gasteiger partial charge on any atom is 0.163 e. The summed E-state index contributed by atoms with van der Waals surface area (Å²) < 4.78 is 14.1. The number of carbonyl (C=O) groups is 3. The number of carbonyl (C=O) groups excluding carboxylic acids is 3. The van der Waals surface area contributed by atoms with Gasteiger partial charge < -0.3 is 5.73 Å². The maximum atomic E-state index is 14.1. The predicted octanol–water partition coefficient (Wildman–Crippen LogP) is 5.31. The topological polar surface area (TPSA) is 77.2 Å². The van der Waals surface area contributed by atoms with E-state index in [-0.39, 0.29) is 35.9 Å². The van der Waals surface area contributed by atoms with Crippen LogP contribution >= 0.6 is 0 Å². The molecule has 176 valence electrons. The van der Waals surface area contributed by atoms with Crippen LogP contribution in [-0.4, -0.2) is 23.9 Å². The Hall–Kier alpha value is -3.44. The van der Waals surface area contributed by atoms with Gasteiger partial charge in [0.25, 0.3) is 0 Å². The summed E-state index contributed by atoms with van der Waals surface area (Å²) in [7, 11) is 0. The molecule has 34 heavy (non-hydrogen) atoms. The minimum absolute atomic E-state index is 0.0122. The first kappa shape index (κ1) is 25.2. The van der Waals surface area contributed by atoms with Crippen LogP contribution in [0.1, 0.15) is 67.8 Å². The van der Waals surface area contributed by atoms with Crippen LogP contribution in [0.2, 0.25) is 0 Å². The van der Waals surface area contributed by atoms with Gasteiger partial charge in [0.1, 0.15) is 11.6 Å². The molecule has 0 spiro atoms. The standard InChI is InChI=1S/C29H30FNO3/c1-18-4-11-24(19(2)14-18)28(33)13-8-21-5-9-23(10-6-21)26(17-31)29(34)16-22-7-12-25(20(3)32)27(30)15-22/h4-7,9-12,14-15,26H,8,13,16-17,31H2,1-3H3. The van der Waals surface area contributed by atoms with Gasteiger partial charge >= 0.3 is 0 Å². The van der Waals surface area contributed by atoms with Crippen LogP contribution in [0, 0.1) is 19.7 Å². The van der Waals surface area contributed by atoms with E-state index in [0.29, 0.717) is 18.4 Å². The van der Waals surface area contributed by atoms with Gasteiger partial charge in [0.05, 0.1) is 11.5 Å². The molecule has 1 atom stereocenters. The van der Waals surface area contributed by atoms with Crippen molar-refractivity contribution in [2.45, 2.75) is 46.0 Å². The van der Waals surface area contributed by atoms with Gasteiger partial charge in [0.2, 0.25) is 0 Å². The smallest absolute Gasteiger partial charge is 0.163 e. The second kappa shape index (κ2) is 11.1. The fraction of sp³-hybridized carbons (Fsp3) is 0.276. The molecule has 2 N–H and O–H groups in total. The second-order valence-electron chi connectivity index (χ2n) is 8.78. The number of nitrogens with two attached hydrogens (primary N) is 1. The van der Waals surface area contributed by atoms with Gasteiger partial charge in [0, 0.05) is 24.9 Å². The molecule has 0 amide bonds. The number of aryl methyl sites for hydroxylation is 3. The molecule has 0 aliphatic carbocycles. The lowest BCUT2D eigenvalue weighted by Crippen LogP contribution is -2.23. The van der Waals surface area contributed by atoms with Crippen LogP contribution < -0.4 is 5.73 Å². The Balaban J connectivity index is 1.63. The molecule has 0 saturated heterocycles. The van der Waals surface area contributed by atoms with E-state index in [2.05, 4.69) is 0 Å². The summed E-state index contributed by atoms with van der Waals surface area (Å²) in [6.45, 7) is 5.39. The van der Waals surface area contributed by atoms with Crippen molar-refractivity contribution in [1.29, 1.82) is 0 Å². The zero-order valence-electron chi connectivity index (χ0n) is 19.9. The molecule has 3 rings (SSSR count). The molecule has 0 heterocycles. The third-order valence-corrected chi connectivity index (χ3v) is 6.12. The fourth-order valence-corrected chi connectivity index (χ4v) is 4.17. The van der Waals surface area contributed by atoms with Gasteiger partial charge in [-0.1, -0.05) is 54.1 Å². The molecular weight excluding hydrogens is 429 g/mol. The third kappa shape index (κ3) is 6.12. The number of ketones is 3. The average molecular weight is 460 g/mol. The lowest BCUT2D eigenvalue weighted by Gasteiger charge is -2.15. The monoisotopic (exact) mass is 459 g/mol. The van der Waals surface area contributed by atoms with Gasteiger partial charge in [-0.05, 0) is 61.6 Å². The highest BCUT2D eigenvalue weighted by Gasteiger charge is 2.20. The molecule has 1 unspecified atom stereocenters. The summed E-state index contributed by atoms with van der Waals surface area (Å²) in [6, 6.07) is 17.7. The first-order valence-electron chi connectivity index (χ1n) is 11.4. The summed E-state index contributed by atoms with van der Waals surface area (Å²) >= 11 is 0. The number of halogens is 1. The van der Waals surface area contributed by atoms with Crippen LogP contribution in [0.25, 0.3) is 0 Å². The minimum atomic E-state index is -0.623. The Morgan fingerprint density at radius 3 is 2.12 bits per heavy atom. The van der Waals surface area contributed by atoms with E-state index < -0.39 is 11.7 Å². The molecule has 3 aromatic carbocycles. The van der Waals surface area contributed by atoms with E-state index in [4.69, 9.17) is 5.73 Å². The Kier molecular flexibility index (Phi) is 8.24. The fourth-order valence-electron chi connectivity index (χ4n) is 4.17. The van der Waals surface area contributed by atoms with Gasteiger partial charge in [-0.15, -0.1) is 0 Å². The van der Waals surface area contributed by atoms with Gasteiger partial charge in [-0.2, -0.15) is 0 Å². The van der Waals surface area contributed by atoms with E-state index in [9.17, 15) is 18.8 Å². The zero-order chi connectivity index (χ0) is 24.8. The highest BCUT2D eigenvalue weighted by atomic mass is 19.1. The molecule has 0 saturated carbocycles. The summed E-state index contributed by atoms with van der Waals surface area (Å²) in [5.74, 6) is -1.50. The van der Waals surface area contributed by atoms with Crippen molar-refractivity contribution in [3.63, 3.8) is 0 Å². The van der Waals surface area contributed by atoms with Crippen LogP contribution in [0.15, 0.2) is 60.7 Å². The van der Waals surface area contributed by atoms with Crippen molar-refractivity contribution in [3.8, 4) is 0 Å². The Morgan fingerprint density at radius 1 is 0.882 bits per heavy atom. The minimum Gasteiger partial charge on any atom is -0.329 e. The lowest BCUT2D eigenvalue weighted by atomic mass is 9.89. The second-order valence-corrected chi connectivity index (χ2v) is 8.78. The van der Waals surface area contributed by atoms with Crippen LogP contribution in [-0.2, 0) is 17.6 Å². The number of hydrogen-bond acceptors (Lipinski definition) is 4. The Morgan fingerprint density at radius 2 is 1.53 bits per heavy atom. The lowest BCUT2D eigenvalue weighted by molar-refractivity contribution is -0.119. The van der Waals surface area contributed by atoms with Gasteiger partial charge in [-0.3, -0.25) is 14.4 Å². The van der Waals surface area contributed by atoms with Crippen molar-refractivity contribution >= 4 is 17.3 Å². The largest absolute Gasteiger partial charge is 0.329 e. The summed E-state index contributed by atoms with van der Waals surface area (Å²) in [5.41, 5.74) is 11.1. The molecular formula is C29H30FNO3. The van der Waals surface area contributed by atoms with Crippen molar-refractivity contribution in [1.82, 2.24) is 0 Å². The van der Waals surface area contributed by atoms with Crippen molar-refractivity contribution in [2.24, 2.45) is 5.73 Å². The predicted molar refractivity (Wildman–Crippen MR) is 132 cm³/mol.